The van der Waals surface area contributed by atoms with Gasteiger partial charge in [0.1, 0.15) is 5.75 Å². The second kappa shape index (κ2) is 5.54. The number of H-pyrrole nitrogens is 1. The number of nitrogens with zero attached hydrogens (tertiary/aromatic N) is 1. The molecule has 1 aliphatic heterocycles. The summed E-state index contributed by atoms with van der Waals surface area (Å²) in [5.74, 6) is 1.34. The smallest absolute Gasteiger partial charge is 0.128 e. The third-order valence-corrected chi connectivity index (χ3v) is 4.32. The molecule has 0 fully saturated rings. The molecule has 2 N–H and O–H groups in total. The second-order valence-corrected chi connectivity index (χ2v) is 5.82. The molecule has 0 spiro atoms. The van der Waals surface area contributed by atoms with Gasteiger partial charge in [-0.1, -0.05) is 13.0 Å². The number of aliphatic hydroxyl groups is 1. The minimum atomic E-state index is 0.0427. The summed E-state index contributed by atoms with van der Waals surface area (Å²) in [5.41, 5.74) is 3.41. The fourth-order valence-electron chi connectivity index (χ4n) is 3.34. The van der Waals surface area contributed by atoms with Gasteiger partial charge in [0.15, 0.2) is 0 Å². The van der Waals surface area contributed by atoms with E-state index in [1.165, 1.54) is 5.57 Å². The largest absolute Gasteiger partial charge is 0.496 e. The molecule has 2 atom stereocenters. The van der Waals surface area contributed by atoms with Crippen LogP contribution in [0.15, 0.2) is 30.5 Å². The van der Waals surface area contributed by atoms with Gasteiger partial charge in [0.25, 0.3) is 0 Å². The topological polar surface area (TPSA) is 48.5 Å². The van der Waals surface area contributed by atoms with Gasteiger partial charge in [0, 0.05) is 23.7 Å². The predicted octanol–water partition coefficient (Wildman–Crippen LogP) is 2.50. The summed E-state index contributed by atoms with van der Waals surface area (Å²) in [6.07, 6.45) is 4.21. The first-order valence-electron chi connectivity index (χ1n) is 7.33. The summed E-state index contributed by atoms with van der Waals surface area (Å²) < 4.78 is 5.42. The Balaban J connectivity index is 2.17. The van der Waals surface area contributed by atoms with Crippen molar-refractivity contribution in [3.63, 3.8) is 0 Å². The van der Waals surface area contributed by atoms with E-state index in [1.807, 2.05) is 18.3 Å². The van der Waals surface area contributed by atoms with E-state index in [2.05, 4.69) is 36.0 Å². The molecule has 4 nitrogen and oxygen atoms in total. The predicted molar refractivity (Wildman–Crippen MR) is 85.5 cm³/mol. The maximum atomic E-state index is 9.79. The van der Waals surface area contributed by atoms with Gasteiger partial charge in [0.2, 0.25) is 0 Å². The van der Waals surface area contributed by atoms with Crippen molar-refractivity contribution in [1.82, 2.24) is 9.88 Å². The molecule has 3 rings (SSSR count). The summed E-state index contributed by atoms with van der Waals surface area (Å²) in [6, 6.07) is 6.15. The molecule has 0 bridgehead atoms. The molecule has 0 amide bonds. The van der Waals surface area contributed by atoms with Crippen molar-refractivity contribution in [2.24, 2.45) is 5.92 Å². The summed E-state index contributed by atoms with van der Waals surface area (Å²) in [4.78, 5) is 5.53. The first kappa shape index (κ1) is 14.2. The van der Waals surface area contributed by atoms with Crippen LogP contribution < -0.4 is 4.74 Å². The van der Waals surface area contributed by atoms with E-state index in [1.54, 1.807) is 7.11 Å². The summed E-state index contributed by atoms with van der Waals surface area (Å²) in [5, 5.41) is 10.9. The molecule has 1 aromatic heterocycles. The number of methoxy groups -OCH3 is 1. The van der Waals surface area contributed by atoms with Crippen molar-refractivity contribution >= 4 is 16.5 Å². The van der Waals surface area contributed by atoms with Crippen molar-refractivity contribution in [2.45, 2.75) is 13.0 Å². The standard InChI is InChI=1S/C17H22N2O2/c1-11-8-14(15(10-20)19(2)9-11)12-4-5-16(21-3)13-6-7-18-17(12)13/h4-8,11,15,18,20H,9-10H2,1-3H3/t11-,15-/m1/s1. The Hall–Kier alpha value is -1.78. The molecule has 2 aromatic rings. The molecule has 1 aromatic carbocycles. The van der Waals surface area contributed by atoms with Crippen molar-refractivity contribution < 1.29 is 9.84 Å². The average molecular weight is 286 g/mol. The Labute approximate surface area is 125 Å². The van der Waals surface area contributed by atoms with Crippen LogP contribution in [0.3, 0.4) is 0 Å². The van der Waals surface area contributed by atoms with E-state index in [-0.39, 0.29) is 12.6 Å². The minimum Gasteiger partial charge on any atom is -0.496 e. The lowest BCUT2D eigenvalue weighted by Gasteiger charge is -2.35. The van der Waals surface area contributed by atoms with Crippen molar-refractivity contribution in [1.29, 1.82) is 0 Å². The fraction of sp³-hybridized carbons (Fsp3) is 0.412. The zero-order valence-electron chi connectivity index (χ0n) is 12.8. The minimum absolute atomic E-state index is 0.0427. The quantitative estimate of drug-likeness (QED) is 0.911. The lowest BCUT2D eigenvalue weighted by molar-refractivity contribution is 0.167. The van der Waals surface area contributed by atoms with E-state index < -0.39 is 0 Å². The zero-order chi connectivity index (χ0) is 15.0. The van der Waals surface area contributed by atoms with Crippen LogP contribution in [0.2, 0.25) is 0 Å². The van der Waals surface area contributed by atoms with Gasteiger partial charge in [-0.2, -0.15) is 0 Å². The number of aromatic amines is 1. The normalized spacial score (nSPS) is 23.3. The molecule has 0 saturated heterocycles. The molecular formula is C17H22N2O2. The summed E-state index contributed by atoms with van der Waals surface area (Å²) in [6.45, 7) is 3.31. The Morgan fingerprint density at radius 3 is 2.90 bits per heavy atom. The van der Waals surface area contributed by atoms with Crippen LogP contribution in [0, 0.1) is 5.92 Å². The molecule has 21 heavy (non-hydrogen) atoms. The summed E-state index contributed by atoms with van der Waals surface area (Å²) in [7, 11) is 3.76. The van der Waals surface area contributed by atoms with E-state index in [0.717, 1.165) is 28.8 Å². The number of aromatic nitrogens is 1. The maximum absolute atomic E-state index is 9.79. The molecule has 0 unspecified atom stereocenters. The van der Waals surface area contributed by atoms with E-state index in [9.17, 15) is 5.11 Å². The van der Waals surface area contributed by atoms with Crippen LogP contribution in [0.4, 0.5) is 0 Å². The van der Waals surface area contributed by atoms with E-state index in [0.29, 0.717) is 5.92 Å². The Kier molecular flexibility index (Phi) is 3.74. The molecule has 0 aliphatic carbocycles. The highest BCUT2D eigenvalue weighted by atomic mass is 16.5. The third kappa shape index (κ3) is 2.34. The highest BCUT2D eigenvalue weighted by molar-refractivity contribution is 5.96. The van der Waals surface area contributed by atoms with Crippen LogP contribution in [0.25, 0.3) is 16.5 Å². The van der Waals surface area contributed by atoms with Gasteiger partial charge in [-0.3, -0.25) is 4.90 Å². The molecule has 0 radical (unpaired) electrons. The Morgan fingerprint density at radius 2 is 2.19 bits per heavy atom. The number of hydrogen-bond donors (Lipinski definition) is 2. The Bertz CT molecular complexity index is 674. The lowest BCUT2D eigenvalue weighted by Crippen LogP contribution is -2.41. The highest BCUT2D eigenvalue weighted by Crippen LogP contribution is 2.35. The van der Waals surface area contributed by atoms with Crippen LogP contribution in [0.1, 0.15) is 12.5 Å². The van der Waals surface area contributed by atoms with Gasteiger partial charge >= 0.3 is 0 Å². The van der Waals surface area contributed by atoms with Gasteiger partial charge in [-0.25, -0.2) is 0 Å². The van der Waals surface area contributed by atoms with Crippen molar-refractivity contribution in [2.75, 3.05) is 27.3 Å². The van der Waals surface area contributed by atoms with Crippen LogP contribution >= 0.6 is 0 Å². The van der Waals surface area contributed by atoms with Gasteiger partial charge in [0.05, 0.1) is 25.3 Å². The number of likely N-dealkylation sites (N-methyl/N-ethyl adjacent to an activating group) is 1. The second-order valence-electron chi connectivity index (χ2n) is 5.82. The number of fused-ring (bicyclic) bond motifs is 1. The number of hydrogen-bond acceptors (Lipinski definition) is 3. The van der Waals surface area contributed by atoms with Gasteiger partial charge in [-0.15, -0.1) is 0 Å². The third-order valence-electron chi connectivity index (χ3n) is 4.32. The Morgan fingerprint density at radius 1 is 1.38 bits per heavy atom. The molecule has 4 heteroatoms. The van der Waals surface area contributed by atoms with E-state index in [4.69, 9.17) is 4.74 Å². The molecule has 1 aliphatic rings. The molecular weight excluding hydrogens is 264 g/mol. The molecule has 112 valence electrons. The number of ether oxygens (including phenoxy) is 1. The lowest BCUT2D eigenvalue weighted by atomic mass is 9.89. The van der Waals surface area contributed by atoms with Crippen LogP contribution in [0.5, 0.6) is 5.75 Å². The fourth-order valence-corrected chi connectivity index (χ4v) is 3.34. The SMILES string of the molecule is COc1ccc(C2=C[C@@H](C)CN(C)[C@@H]2CO)c2[nH]ccc12. The molecule has 0 saturated carbocycles. The van der Waals surface area contributed by atoms with Gasteiger partial charge < -0.3 is 14.8 Å². The maximum Gasteiger partial charge on any atom is 0.128 e. The average Bonchev–Trinajstić information content (AvgIpc) is 2.95. The van der Waals surface area contributed by atoms with Crippen molar-refractivity contribution in [3.8, 4) is 5.75 Å². The molecule has 2 heterocycles. The number of nitrogens with one attached hydrogen (secondary N) is 1. The number of aliphatic hydroxyl groups excluding tert-OH is 1. The highest BCUT2D eigenvalue weighted by Gasteiger charge is 2.27. The number of benzene rings is 1. The summed E-state index contributed by atoms with van der Waals surface area (Å²) >= 11 is 0. The van der Waals surface area contributed by atoms with Crippen molar-refractivity contribution in [3.05, 3.63) is 36.0 Å². The van der Waals surface area contributed by atoms with Gasteiger partial charge in [-0.05, 0) is 36.7 Å². The van der Waals surface area contributed by atoms with Crippen LogP contribution in [-0.2, 0) is 0 Å². The zero-order valence-corrected chi connectivity index (χ0v) is 12.8. The first-order valence-corrected chi connectivity index (χ1v) is 7.33. The monoisotopic (exact) mass is 286 g/mol. The van der Waals surface area contributed by atoms with Crippen LogP contribution in [-0.4, -0.2) is 48.3 Å². The number of rotatable bonds is 3. The van der Waals surface area contributed by atoms with E-state index >= 15 is 0 Å². The first-order chi connectivity index (χ1) is 10.2.